The molecule has 4 aromatic rings. The van der Waals surface area contributed by atoms with Gasteiger partial charge < -0.3 is 15.0 Å². The van der Waals surface area contributed by atoms with Crippen LogP contribution in [0.2, 0.25) is 0 Å². The lowest BCUT2D eigenvalue weighted by molar-refractivity contribution is -0.136. The topological polar surface area (TPSA) is 72.5 Å². The molecule has 0 bridgehead atoms. The average Bonchev–Trinajstić information content (AvgIpc) is 3.56. The molecule has 2 N–H and O–H groups in total. The van der Waals surface area contributed by atoms with Crippen molar-refractivity contribution in [1.29, 1.82) is 0 Å². The van der Waals surface area contributed by atoms with Gasteiger partial charge in [0.05, 0.1) is 18.2 Å². The predicted molar refractivity (Wildman–Crippen MR) is 154 cm³/mol. The molecule has 0 spiro atoms. The van der Waals surface area contributed by atoms with Crippen LogP contribution in [-0.2, 0) is 17.8 Å². The van der Waals surface area contributed by atoms with Crippen molar-refractivity contribution >= 4 is 28.1 Å². The number of rotatable bonds is 4. The number of nitrogens with zero attached hydrogens (tertiary/aromatic N) is 3. The van der Waals surface area contributed by atoms with Crippen molar-refractivity contribution in [3.8, 4) is 21.7 Å². The Balaban J connectivity index is 1.31. The van der Waals surface area contributed by atoms with Crippen LogP contribution in [0.5, 0.6) is 0 Å². The van der Waals surface area contributed by atoms with Crippen molar-refractivity contribution in [2.45, 2.75) is 59.2 Å². The van der Waals surface area contributed by atoms with Gasteiger partial charge in [0.25, 0.3) is 0 Å². The standard InChI is InChI=1S/C31H36N4O2S/c1-17(2)29-24-12-20(6-7-25(24)33-30(29)22-10-18(3)32-19(4)11-22)26-13-21-8-9-35(16-27(21)38-26)31(37)23-14-28(36)34(5)15-23/h6-7,10-13,17,23,28,33,36H,8-9,14-16H2,1-5H3. The van der Waals surface area contributed by atoms with Crippen molar-refractivity contribution in [3.63, 3.8) is 0 Å². The van der Waals surface area contributed by atoms with Crippen molar-refractivity contribution < 1.29 is 9.90 Å². The smallest absolute Gasteiger partial charge is 0.227 e. The van der Waals surface area contributed by atoms with Crippen LogP contribution in [0.15, 0.2) is 36.4 Å². The number of aliphatic hydroxyl groups excluding tert-OH is 1. The number of hydrogen-bond donors (Lipinski definition) is 2. The highest BCUT2D eigenvalue weighted by Crippen LogP contribution is 2.40. The molecule has 7 heteroatoms. The molecule has 5 heterocycles. The fraction of sp³-hybridized carbons (Fsp3) is 0.419. The largest absolute Gasteiger partial charge is 0.378 e. The van der Waals surface area contributed by atoms with E-state index < -0.39 is 6.23 Å². The first kappa shape index (κ1) is 25.3. The number of likely N-dealkylation sites (tertiary alicyclic amines) is 1. The summed E-state index contributed by atoms with van der Waals surface area (Å²) in [4.78, 5) is 27.9. The highest BCUT2D eigenvalue weighted by Gasteiger charge is 2.36. The molecule has 1 aromatic carbocycles. The van der Waals surface area contributed by atoms with Crippen LogP contribution >= 0.6 is 11.3 Å². The summed E-state index contributed by atoms with van der Waals surface area (Å²) in [5.74, 6) is 0.439. The Morgan fingerprint density at radius 2 is 1.89 bits per heavy atom. The van der Waals surface area contributed by atoms with E-state index >= 15 is 0 Å². The van der Waals surface area contributed by atoms with Crippen molar-refractivity contribution in [2.24, 2.45) is 5.92 Å². The minimum Gasteiger partial charge on any atom is -0.378 e. The summed E-state index contributed by atoms with van der Waals surface area (Å²) in [6.45, 7) is 10.7. The molecule has 2 aliphatic rings. The third kappa shape index (κ3) is 4.46. The molecule has 1 amide bonds. The van der Waals surface area contributed by atoms with E-state index in [4.69, 9.17) is 0 Å². The maximum atomic E-state index is 13.2. The van der Waals surface area contributed by atoms with Crippen LogP contribution in [0, 0.1) is 19.8 Å². The Labute approximate surface area is 228 Å². The lowest BCUT2D eigenvalue weighted by atomic mass is 9.95. The van der Waals surface area contributed by atoms with Gasteiger partial charge in [-0.15, -0.1) is 11.3 Å². The molecule has 3 aromatic heterocycles. The number of pyridine rings is 1. The molecule has 198 valence electrons. The maximum absolute atomic E-state index is 13.2. The van der Waals surface area contributed by atoms with E-state index in [1.165, 1.54) is 43.1 Å². The molecule has 0 aliphatic carbocycles. The third-order valence-corrected chi connectivity index (χ3v) is 9.34. The van der Waals surface area contributed by atoms with Crippen molar-refractivity contribution in [2.75, 3.05) is 20.1 Å². The lowest BCUT2D eigenvalue weighted by Crippen LogP contribution is -2.40. The van der Waals surface area contributed by atoms with Gasteiger partial charge in [-0.3, -0.25) is 14.7 Å². The van der Waals surface area contributed by atoms with E-state index in [0.29, 0.717) is 25.4 Å². The predicted octanol–water partition coefficient (Wildman–Crippen LogP) is 5.85. The molecular weight excluding hydrogens is 492 g/mol. The second-order valence-electron chi connectivity index (χ2n) is 11.4. The van der Waals surface area contributed by atoms with Gasteiger partial charge in [-0.2, -0.15) is 0 Å². The Hall–Kier alpha value is -3.00. The van der Waals surface area contributed by atoms with Crippen LogP contribution in [0.4, 0.5) is 0 Å². The number of aryl methyl sites for hydroxylation is 2. The number of nitrogens with one attached hydrogen (secondary N) is 1. The van der Waals surface area contributed by atoms with Gasteiger partial charge in [-0.1, -0.05) is 19.9 Å². The second-order valence-corrected chi connectivity index (χ2v) is 12.5. The molecule has 6 rings (SSSR count). The summed E-state index contributed by atoms with van der Waals surface area (Å²) in [5.41, 5.74) is 9.51. The number of aromatic nitrogens is 2. The van der Waals surface area contributed by atoms with E-state index in [9.17, 15) is 9.90 Å². The fourth-order valence-electron chi connectivity index (χ4n) is 6.24. The minimum atomic E-state index is -0.510. The van der Waals surface area contributed by atoms with Crippen LogP contribution in [0.3, 0.4) is 0 Å². The maximum Gasteiger partial charge on any atom is 0.227 e. The molecule has 38 heavy (non-hydrogen) atoms. The summed E-state index contributed by atoms with van der Waals surface area (Å²) < 4.78 is 0. The first-order valence-electron chi connectivity index (χ1n) is 13.6. The van der Waals surface area contributed by atoms with Gasteiger partial charge in [0.15, 0.2) is 0 Å². The fourth-order valence-corrected chi connectivity index (χ4v) is 7.46. The number of aliphatic hydroxyl groups is 1. The van der Waals surface area contributed by atoms with E-state index in [1.807, 2.05) is 28.2 Å². The van der Waals surface area contributed by atoms with E-state index in [1.54, 1.807) is 0 Å². The Kier molecular flexibility index (Phi) is 6.41. The number of thiophene rings is 1. The molecule has 2 aliphatic heterocycles. The third-order valence-electron chi connectivity index (χ3n) is 8.13. The number of aromatic amines is 1. The SMILES string of the molecule is Cc1cc(-c2[nH]c3ccc(-c4cc5c(s4)CN(C(=O)C4CC(O)N(C)C4)CC5)cc3c2C(C)C)cc(C)n1. The van der Waals surface area contributed by atoms with Gasteiger partial charge in [0, 0.05) is 50.7 Å². The van der Waals surface area contributed by atoms with Crippen molar-refractivity contribution in [3.05, 3.63) is 63.8 Å². The van der Waals surface area contributed by atoms with E-state index in [2.05, 4.69) is 74.1 Å². The zero-order chi connectivity index (χ0) is 26.7. The second kappa shape index (κ2) is 9.63. The zero-order valence-corrected chi connectivity index (χ0v) is 23.7. The summed E-state index contributed by atoms with van der Waals surface area (Å²) in [7, 11) is 1.88. The molecule has 2 atom stereocenters. The minimum absolute atomic E-state index is 0.108. The van der Waals surface area contributed by atoms with Crippen LogP contribution in [0.25, 0.3) is 32.6 Å². The van der Waals surface area contributed by atoms with E-state index in [0.717, 1.165) is 29.9 Å². The highest BCUT2D eigenvalue weighted by atomic mass is 32.1. The molecule has 1 fully saturated rings. The summed E-state index contributed by atoms with van der Waals surface area (Å²) in [5, 5.41) is 11.3. The number of carbonyl (C=O) groups is 1. The van der Waals surface area contributed by atoms with Crippen LogP contribution in [0.1, 0.15) is 53.6 Å². The van der Waals surface area contributed by atoms with Crippen molar-refractivity contribution in [1.82, 2.24) is 19.8 Å². The average molecular weight is 529 g/mol. The van der Waals surface area contributed by atoms with E-state index in [-0.39, 0.29) is 11.8 Å². The number of carbonyl (C=O) groups excluding carboxylic acids is 1. The lowest BCUT2D eigenvalue weighted by Gasteiger charge is -2.29. The molecule has 6 nitrogen and oxygen atoms in total. The van der Waals surface area contributed by atoms with Gasteiger partial charge in [0.2, 0.25) is 5.91 Å². The summed E-state index contributed by atoms with van der Waals surface area (Å²) >= 11 is 1.81. The zero-order valence-electron chi connectivity index (χ0n) is 22.8. The van der Waals surface area contributed by atoms with Gasteiger partial charge in [0.1, 0.15) is 6.23 Å². The van der Waals surface area contributed by atoms with Crippen LogP contribution in [-0.4, -0.2) is 57.1 Å². The first-order valence-corrected chi connectivity index (χ1v) is 14.4. The van der Waals surface area contributed by atoms with Gasteiger partial charge >= 0.3 is 0 Å². The number of fused-ring (bicyclic) bond motifs is 2. The number of benzene rings is 1. The van der Waals surface area contributed by atoms with Gasteiger partial charge in [-0.25, -0.2) is 0 Å². The summed E-state index contributed by atoms with van der Waals surface area (Å²) in [6.07, 6.45) is 0.907. The monoisotopic (exact) mass is 528 g/mol. The normalized spacial score (nSPS) is 20.0. The first-order chi connectivity index (χ1) is 18.2. The molecule has 0 saturated carbocycles. The molecule has 2 unspecified atom stereocenters. The Bertz CT molecular complexity index is 1500. The Morgan fingerprint density at radius 1 is 1.13 bits per heavy atom. The molecule has 0 radical (unpaired) electrons. The Morgan fingerprint density at radius 3 is 2.58 bits per heavy atom. The molecular formula is C31H36N4O2S. The quantitative estimate of drug-likeness (QED) is 0.348. The van der Waals surface area contributed by atoms with Crippen LogP contribution < -0.4 is 0 Å². The summed E-state index contributed by atoms with van der Waals surface area (Å²) in [6, 6.07) is 13.4. The number of hydrogen-bond acceptors (Lipinski definition) is 5. The number of H-pyrrole nitrogens is 1. The molecule has 1 saturated heterocycles. The highest BCUT2D eigenvalue weighted by molar-refractivity contribution is 7.15. The number of amides is 1. The van der Waals surface area contributed by atoms with Gasteiger partial charge in [-0.05, 0) is 86.7 Å².